The number of carbonyl (C=O) groups excluding carboxylic acids is 1. The van der Waals surface area contributed by atoms with Crippen LogP contribution in [0.15, 0.2) is 24.3 Å². The Hall–Kier alpha value is -1.35. The van der Waals surface area contributed by atoms with Crippen molar-refractivity contribution in [1.82, 2.24) is 10.2 Å². The zero-order valence-corrected chi connectivity index (χ0v) is 13.7. The number of hydrogen-bond acceptors (Lipinski definition) is 2. The van der Waals surface area contributed by atoms with Gasteiger partial charge in [0.05, 0.1) is 6.04 Å². The summed E-state index contributed by atoms with van der Waals surface area (Å²) in [5.74, 6) is 0.229. The van der Waals surface area contributed by atoms with Crippen molar-refractivity contribution in [3.8, 4) is 0 Å². The van der Waals surface area contributed by atoms with Gasteiger partial charge in [0, 0.05) is 6.04 Å². The third-order valence-corrected chi connectivity index (χ3v) is 4.49. The van der Waals surface area contributed by atoms with Gasteiger partial charge >= 0.3 is 0 Å². The Labute approximate surface area is 128 Å². The van der Waals surface area contributed by atoms with Crippen molar-refractivity contribution in [2.24, 2.45) is 0 Å². The van der Waals surface area contributed by atoms with Gasteiger partial charge in [-0.05, 0) is 38.3 Å². The fraction of sp³-hybridized carbons (Fsp3) is 0.611. The Morgan fingerprint density at radius 3 is 2.67 bits per heavy atom. The van der Waals surface area contributed by atoms with Gasteiger partial charge in [0.15, 0.2) is 0 Å². The molecule has 1 heterocycles. The Morgan fingerprint density at radius 1 is 1.29 bits per heavy atom. The van der Waals surface area contributed by atoms with Gasteiger partial charge < -0.3 is 4.90 Å². The summed E-state index contributed by atoms with van der Waals surface area (Å²) in [4.78, 5) is 14.6. The summed E-state index contributed by atoms with van der Waals surface area (Å²) in [5, 5.41) is 3.46. The lowest BCUT2D eigenvalue weighted by molar-refractivity contribution is -0.131. The monoisotopic (exact) mass is 288 g/mol. The Morgan fingerprint density at radius 2 is 2.00 bits per heavy atom. The maximum atomic E-state index is 12.5. The minimum absolute atomic E-state index is 0.0188. The molecular weight excluding hydrogens is 260 g/mol. The molecule has 1 saturated heterocycles. The van der Waals surface area contributed by atoms with Crippen molar-refractivity contribution in [2.45, 2.75) is 71.6 Å². The lowest BCUT2D eigenvalue weighted by Gasteiger charge is -2.31. The molecule has 3 atom stereocenters. The summed E-state index contributed by atoms with van der Waals surface area (Å²) in [6, 6.07) is 8.54. The van der Waals surface area contributed by atoms with Gasteiger partial charge in [0.1, 0.15) is 6.17 Å². The molecule has 1 amide bonds. The van der Waals surface area contributed by atoms with Crippen molar-refractivity contribution in [3.05, 3.63) is 35.4 Å². The summed E-state index contributed by atoms with van der Waals surface area (Å²) in [7, 11) is 0. The second-order valence-electron chi connectivity index (χ2n) is 6.24. The molecule has 21 heavy (non-hydrogen) atoms. The number of amides is 1. The van der Waals surface area contributed by atoms with E-state index in [9.17, 15) is 4.79 Å². The van der Waals surface area contributed by atoms with Crippen LogP contribution in [0, 0.1) is 6.92 Å². The molecule has 3 nitrogen and oxygen atoms in total. The van der Waals surface area contributed by atoms with Crippen LogP contribution in [0.1, 0.15) is 63.7 Å². The number of hydrogen-bond donors (Lipinski definition) is 1. The van der Waals surface area contributed by atoms with E-state index in [1.165, 1.54) is 30.4 Å². The van der Waals surface area contributed by atoms with Gasteiger partial charge in [-0.15, -0.1) is 0 Å². The van der Waals surface area contributed by atoms with Crippen LogP contribution in [-0.2, 0) is 4.79 Å². The smallest absolute Gasteiger partial charge is 0.241 e. The molecule has 0 bridgehead atoms. The molecule has 3 heteroatoms. The first-order valence-electron chi connectivity index (χ1n) is 8.20. The van der Waals surface area contributed by atoms with Gasteiger partial charge in [-0.3, -0.25) is 10.1 Å². The van der Waals surface area contributed by atoms with E-state index in [0.29, 0.717) is 0 Å². The summed E-state index contributed by atoms with van der Waals surface area (Å²) in [5.41, 5.74) is 2.46. The maximum absolute atomic E-state index is 12.5. The van der Waals surface area contributed by atoms with Crippen molar-refractivity contribution >= 4 is 5.91 Å². The van der Waals surface area contributed by atoms with Crippen LogP contribution in [-0.4, -0.2) is 22.9 Å². The SMILES string of the molecule is CCCCCC(C)N1C(=O)C(C)NC1c1ccccc1C. The number of unbranched alkanes of at least 4 members (excludes halogenated alkanes) is 2. The Bertz CT molecular complexity index is 486. The predicted octanol–water partition coefficient (Wildman–Crippen LogP) is 3.78. The average molecular weight is 288 g/mol. The van der Waals surface area contributed by atoms with Gasteiger partial charge in [-0.2, -0.15) is 0 Å². The molecule has 0 radical (unpaired) electrons. The molecule has 3 unspecified atom stereocenters. The maximum Gasteiger partial charge on any atom is 0.241 e. The number of nitrogens with one attached hydrogen (secondary N) is 1. The largest absolute Gasteiger partial charge is 0.319 e. The van der Waals surface area contributed by atoms with E-state index in [1.807, 2.05) is 13.0 Å². The molecule has 0 aliphatic carbocycles. The zero-order valence-electron chi connectivity index (χ0n) is 13.7. The minimum Gasteiger partial charge on any atom is -0.319 e. The summed E-state index contributed by atoms with van der Waals surface area (Å²) >= 11 is 0. The van der Waals surface area contributed by atoms with Crippen LogP contribution in [0.25, 0.3) is 0 Å². The Balaban J connectivity index is 2.19. The van der Waals surface area contributed by atoms with Crippen LogP contribution < -0.4 is 5.32 Å². The average Bonchev–Trinajstić information content (AvgIpc) is 2.75. The molecule has 1 N–H and O–H groups in total. The predicted molar refractivity (Wildman–Crippen MR) is 87.0 cm³/mol. The first-order chi connectivity index (χ1) is 10.1. The first kappa shape index (κ1) is 16.0. The van der Waals surface area contributed by atoms with Gasteiger partial charge in [0.25, 0.3) is 0 Å². The third-order valence-electron chi connectivity index (χ3n) is 4.49. The molecular formula is C18H28N2O. The molecule has 116 valence electrons. The van der Waals surface area contributed by atoms with E-state index in [4.69, 9.17) is 0 Å². The summed E-state index contributed by atoms with van der Waals surface area (Å²) in [6.07, 6.45) is 4.75. The molecule has 1 aliphatic heterocycles. The third kappa shape index (κ3) is 3.46. The molecule has 2 rings (SSSR count). The highest BCUT2D eigenvalue weighted by Gasteiger charge is 2.39. The number of aryl methyl sites for hydroxylation is 1. The standard InChI is InChI=1S/C18H28N2O/c1-5-6-7-11-14(3)20-17(19-15(4)18(20)21)16-12-9-8-10-13(16)2/h8-10,12,14-15,17,19H,5-7,11H2,1-4H3. The van der Waals surface area contributed by atoms with Crippen LogP contribution in [0.4, 0.5) is 0 Å². The number of benzene rings is 1. The Kier molecular flexibility index (Phi) is 5.40. The van der Waals surface area contributed by atoms with Crippen LogP contribution in [0.2, 0.25) is 0 Å². The highest BCUT2D eigenvalue weighted by molar-refractivity contribution is 5.84. The molecule has 1 aromatic carbocycles. The van der Waals surface area contributed by atoms with Crippen molar-refractivity contribution in [2.75, 3.05) is 0 Å². The van der Waals surface area contributed by atoms with Gasteiger partial charge in [-0.1, -0.05) is 50.5 Å². The summed E-state index contributed by atoms with van der Waals surface area (Å²) in [6.45, 7) is 8.47. The highest BCUT2D eigenvalue weighted by Crippen LogP contribution is 2.30. The summed E-state index contributed by atoms with van der Waals surface area (Å²) < 4.78 is 0. The molecule has 0 saturated carbocycles. The molecule has 0 aromatic heterocycles. The normalized spacial score (nSPS) is 23.6. The highest BCUT2D eigenvalue weighted by atomic mass is 16.2. The number of rotatable bonds is 6. The fourth-order valence-corrected chi connectivity index (χ4v) is 3.17. The minimum atomic E-state index is -0.0942. The van der Waals surface area contributed by atoms with Crippen molar-refractivity contribution in [1.29, 1.82) is 0 Å². The quantitative estimate of drug-likeness (QED) is 0.808. The van der Waals surface area contributed by atoms with Crippen molar-refractivity contribution in [3.63, 3.8) is 0 Å². The van der Waals surface area contributed by atoms with E-state index in [1.54, 1.807) is 0 Å². The van der Waals surface area contributed by atoms with Crippen LogP contribution in [0.3, 0.4) is 0 Å². The molecule has 1 fully saturated rings. The van der Waals surface area contributed by atoms with Crippen LogP contribution in [0.5, 0.6) is 0 Å². The van der Waals surface area contributed by atoms with E-state index >= 15 is 0 Å². The number of carbonyl (C=O) groups is 1. The fourth-order valence-electron chi connectivity index (χ4n) is 3.17. The van der Waals surface area contributed by atoms with Crippen LogP contribution >= 0.6 is 0 Å². The van der Waals surface area contributed by atoms with Crippen molar-refractivity contribution < 1.29 is 4.79 Å². The van der Waals surface area contributed by atoms with E-state index in [0.717, 1.165) is 6.42 Å². The molecule has 1 aliphatic rings. The second-order valence-corrected chi connectivity index (χ2v) is 6.24. The van der Waals surface area contributed by atoms with Gasteiger partial charge in [-0.25, -0.2) is 0 Å². The molecule has 0 spiro atoms. The zero-order chi connectivity index (χ0) is 15.4. The topological polar surface area (TPSA) is 32.3 Å². The lowest BCUT2D eigenvalue weighted by Crippen LogP contribution is -2.38. The van der Waals surface area contributed by atoms with E-state index < -0.39 is 0 Å². The van der Waals surface area contributed by atoms with Gasteiger partial charge in [0.2, 0.25) is 5.91 Å². The van der Waals surface area contributed by atoms with E-state index in [2.05, 4.69) is 49.2 Å². The second kappa shape index (κ2) is 7.08. The number of nitrogens with zero attached hydrogens (tertiary/aromatic N) is 1. The lowest BCUT2D eigenvalue weighted by atomic mass is 10.0. The first-order valence-corrected chi connectivity index (χ1v) is 8.20. The molecule has 1 aromatic rings. The van der Waals surface area contributed by atoms with E-state index in [-0.39, 0.29) is 24.2 Å².